The quantitative estimate of drug-likeness (QED) is 0.376. The van der Waals surface area contributed by atoms with E-state index in [1.807, 2.05) is 49.4 Å². The number of carbonyl (C=O) groups excluding carboxylic acids is 2. The average Bonchev–Trinajstić information content (AvgIpc) is 3.28. The Hall–Kier alpha value is -3.77. The second kappa shape index (κ2) is 8.31. The van der Waals surface area contributed by atoms with Crippen LogP contribution in [0, 0.1) is 6.92 Å². The molecule has 30 heavy (non-hydrogen) atoms. The average molecular weight is 400 g/mol. The molecule has 0 aliphatic carbocycles. The maximum atomic E-state index is 12.2. The van der Waals surface area contributed by atoms with Crippen LogP contribution in [0.15, 0.2) is 71.3 Å². The maximum Gasteiger partial charge on any atom is 0.300 e. The number of fused-ring (bicyclic) bond motifs is 1. The van der Waals surface area contributed by atoms with E-state index in [4.69, 9.17) is 4.42 Å². The minimum atomic E-state index is -0.753. The zero-order valence-corrected chi connectivity index (χ0v) is 16.4. The van der Waals surface area contributed by atoms with Crippen LogP contribution in [-0.2, 0) is 17.8 Å². The van der Waals surface area contributed by atoms with Crippen molar-refractivity contribution in [1.82, 2.24) is 4.98 Å². The minimum absolute atomic E-state index is 0.000502. The van der Waals surface area contributed by atoms with Gasteiger partial charge in [0.25, 0.3) is 11.7 Å². The first-order valence-electron chi connectivity index (χ1n) is 9.52. The van der Waals surface area contributed by atoms with Gasteiger partial charge in [-0.15, -0.1) is 0 Å². The van der Waals surface area contributed by atoms with E-state index in [0.717, 1.165) is 33.3 Å². The third kappa shape index (κ3) is 3.99. The van der Waals surface area contributed by atoms with Gasteiger partial charge in [0.2, 0.25) is 0 Å². The molecule has 0 fully saturated rings. The molecule has 2 aromatic heterocycles. The molecule has 150 valence electrons. The van der Waals surface area contributed by atoms with Crippen LogP contribution in [0.5, 0.6) is 0 Å². The predicted molar refractivity (Wildman–Crippen MR) is 113 cm³/mol. The number of aliphatic hydroxyl groups excluding tert-OH is 1. The zero-order chi connectivity index (χ0) is 21.1. The third-order valence-electron chi connectivity index (χ3n) is 4.84. The van der Waals surface area contributed by atoms with E-state index in [1.54, 1.807) is 12.1 Å². The Bertz CT molecular complexity index is 1230. The number of nitrogens with zero attached hydrogens (tertiary/aromatic N) is 1. The minimum Gasteiger partial charge on any atom is -0.461 e. The molecule has 0 atom stereocenters. The maximum absolute atomic E-state index is 12.2. The topological polar surface area (TPSA) is 92.4 Å². The van der Waals surface area contributed by atoms with Gasteiger partial charge in [-0.25, -0.2) is 0 Å². The Balaban J connectivity index is 1.59. The van der Waals surface area contributed by atoms with Crippen LogP contribution in [-0.4, -0.2) is 21.8 Å². The Kier molecular flexibility index (Phi) is 5.41. The van der Waals surface area contributed by atoms with Crippen molar-refractivity contribution in [1.29, 1.82) is 0 Å². The summed E-state index contributed by atoms with van der Waals surface area (Å²) in [6, 6.07) is 18.1. The van der Waals surface area contributed by atoms with Gasteiger partial charge in [0, 0.05) is 16.8 Å². The number of Topliss-reactive ketones (excluding diaryl/α,β-unsaturated/α-hetero) is 1. The SMILES string of the molecule is Cc1cc(CO)c2cccc(Cc3cccc(NC(=O)C(=O)c4ccco4)c3)c2n1. The van der Waals surface area contributed by atoms with Crippen LogP contribution in [0.1, 0.15) is 32.9 Å². The molecule has 0 aliphatic rings. The second-order valence-electron chi connectivity index (χ2n) is 7.03. The van der Waals surface area contributed by atoms with Gasteiger partial charge in [0.05, 0.1) is 18.4 Å². The molecule has 0 unspecified atom stereocenters. The Morgan fingerprint density at radius 2 is 1.87 bits per heavy atom. The summed E-state index contributed by atoms with van der Waals surface area (Å²) >= 11 is 0. The normalized spacial score (nSPS) is 10.9. The molecule has 0 aliphatic heterocycles. The fourth-order valence-electron chi connectivity index (χ4n) is 3.48. The van der Waals surface area contributed by atoms with E-state index in [-0.39, 0.29) is 12.4 Å². The van der Waals surface area contributed by atoms with E-state index >= 15 is 0 Å². The number of furan rings is 1. The highest BCUT2D eigenvalue weighted by molar-refractivity contribution is 6.45. The summed E-state index contributed by atoms with van der Waals surface area (Å²) < 4.78 is 4.99. The highest BCUT2D eigenvalue weighted by Gasteiger charge is 2.19. The number of para-hydroxylation sites is 1. The van der Waals surface area contributed by atoms with Gasteiger partial charge in [-0.2, -0.15) is 0 Å². The molecule has 4 rings (SSSR count). The number of ketones is 1. The molecule has 4 aromatic rings. The summed E-state index contributed by atoms with van der Waals surface area (Å²) in [7, 11) is 0. The van der Waals surface area contributed by atoms with E-state index in [1.165, 1.54) is 12.3 Å². The van der Waals surface area contributed by atoms with Gasteiger partial charge in [-0.05, 0) is 60.4 Å². The summed E-state index contributed by atoms with van der Waals surface area (Å²) in [4.78, 5) is 29.0. The van der Waals surface area contributed by atoms with Crippen LogP contribution in [0.4, 0.5) is 5.69 Å². The lowest BCUT2D eigenvalue weighted by molar-refractivity contribution is -0.112. The number of rotatable bonds is 6. The van der Waals surface area contributed by atoms with Crippen molar-refractivity contribution in [3.05, 3.63) is 95.1 Å². The van der Waals surface area contributed by atoms with Crippen LogP contribution in [0.25, 0.3) is 10.9 Å². The lowest BCUT2D eigenvalue weighted by Gasteiger charge is -2.11. The van der Waals surface area contributed by atoms with Gasteiger partial charge < -0.3 is 14.8 Å². The molecule has 0 bridgehead atoms. The molecule has 1 amide bonds. The number of aryl methyl sites for hydroxylation is 1. The Morgan fingerprint density at radius 3 is 2.63 bits per heavy atom. The lowest BCUT2D eigenvalue weighted by atomic mass is 9.99. The summed E-state index contributed by atoms with van der Waals surface area (Å²) in [6.07, 6.45) is 1.94. The highest BCUT2D eigenvalue weighted by atomic mass is 16.3. The second-order valence-corrected chi connectivity index (χ2v) is 7.03. The number of anilines is 1. The number of aromatic nitrogens is 1. The fraction of sp³-hybridized carbons (Fsp3) is 0.125. The molecule has 2 aromatic carbocycles. The van der Waals surface area contributed by atoms with Crippen molar-refractivity contribution < 1.29 is 19.1 Å². The van der Waals surface area contributed by atoms with E-state index in [0.29, 0.717) is 12.1 Å². The largest absolute Gasteiger partial charge is 0.461 e. The van der Waals surface area contributed by atoms with Crippen molar-refractivity contribution in [2.75, 3.05) is 5.32 Å². The number of carbonyl (C=O) groups is 2. The lowest BCUT2D eigenvalue weighted by Crippen LogP contribution is -2.22. The van der Waals surface area contributed by atoms with Gasteiger partial charge >= 0.3 is 0 Å². The first kappa shape index (κ1) is 19.5. The highest BCUT2D eigenvalue weighted by Crippen LogP contribution is 2.25. The fourth-order valence-corrected chi connectivity index (χ4v) is 3.48. The Labute approximate surface area is 173 Å². The molecule has 6 heteroatoms. The summed E-state index contributed by atoms with van der Waals surface area (Å²) in [5.41, 5.74) is 5.04. The standard InChI is InChI=1S/C24H20N2O4/c1-15-11-18(14-27)20-8-3-6-17(22(20)25-15)12-16-5-2-7-19(13-16)26-24(29)23(28)21-9-4-10-30-21/h2-11,13,27H,12,14H2,1H3,(H,26,29). The number of pyridine rings is 1. The molecule has 2 heterocycles. The number of amides is 1. The van der Waals surface area contributed by atoms with E-state index in [2.05, 4.69) is 10.3 Å². The van der Waals surface area contributed by atoms with Crippen molar-refractivity contribution >= 4 is 28.3 Å². The number of hydrogen-bond acceptors (Lipinski definition) is 5. The first-order valence-corrected chi connectivity index (χ1v) is 9.52. The van der Waals surface area contributed by atoms with Crippen LogP contribution >= 0.6 is 0 Å². The molecule has 0 saturated heterocycles. The summed E-state index contributed by atoms with van der Waals surface area (Å²) in [6.45, 7) is 1.86. The van der Waals surface area contributed by atoms with Crippen LogP contribution in [0.3, 0.4) is 0 Å². The first-order chi connectivity index (χ1) is 14.5. The van der Waals surface area contributed by atoms with E-state index in [9.17, 15) is 14.7 Å². The third-order valence-corrected chi connectivity index (χ3v) is 4.84. The molecular formula is C24H20N2O4. The van der Waals surface area contributed by atoms with Crippen molar-refractivity contribution in [2.45, 2.75) is 20.0 Å². The molecule has 6 nitrogen and oxygen atoms in total. The molecule has 2 N–H and O–H groups in total. The molecule has 0 radical (unpaired) electrons. The zero-order valence-electron chi connectivity index (χ0n) is 16.4. The Morgan fingerprint density at radius 1 is 1.03 bits per heavy atom. The van der Waals surface area contributed by atoms with Gasteiger partial charge in [-0.1, -0.05) is 30.3 Å². The van der Waals surface area contributed by atoms with Crippen LogP contribution in [0.2, 0.25) is 0 Å². The smallest absolute Gasteiger partial charge is 0.300 e. The van der Waals surface area contributed by atoms with Crippen LogP contribution < -0.4 is 5.32 Å². The van der Waals surface area contributed by atoms with Gasteiger partial charge in [0.1, 0.15) is 0 Å². The summed E-state index contributed by atoms with van der Waals surface area (Å²) in [5, 5.41) is 13.2. The van der Waals surface area contributed by atoms with Gasteiger partial charge in [0.15, 0.2) is 5.76 Å². The van der Waals surface area contributed by atoms with Crippen molar-refractivity contribution in [2.24, 2.45) is 0 Å². The van der Waals surface area contributed by atoms with Crippen molar-refractivity contribution in [3.63, 3.8) is 0 Å². The van der Waals surface area contributed by atoms with E-state index < -0.39 is 11.7 Å². The van der Waals surface area contributed by atoms with Gasteiger partial charge in [-0.3, -0.25) is 14.6 Å². The summed E-state index contributed by atoms with van der Waals surface area (Å²) in [5.74, 6) is -1.48. The number of benzene rings is 2. The number of aliphatic hydroxyl groups is 1. The predicted octanol–water partition coefficient (Wildman–Crippen LogP) is 4.04. The molecule has 0 saturated carbocycles. The molecular weight excluding hydrogens is 380 g/mol. The van der Waals surface area contributed by atoms with Crippen molar-refractivity contribution in [3.8, 4) is 0 Å². The molecule has 0 spiro atoms. The number of hydrogen-bond donors (Lipinski definition) is 2. The monoisotopic (exact) mass is 400 g/mol. The number of nitrogens with one attached hydrogen (secondary N) is 1.